The summed E-state index contributed by atoms with van der Waals surface area (Å²) in [5, 5.41) is 17.7. The average Bonchev–Trinajstić information content (AvgIpc) is 3.05. The van der Waals surface area contributed by atoms with E-state index in [-0.39, 0.29) is 17.4 Å². The molecule has 10 nitrogen and oxygen atoms in total. The van der Waals surface area contributed by atoms with E-state index in [0.29, 0.717) is 39.8 Å². The van der Waals surface area contributed by atoms with Gasteiger partial charge in [0.05, 0.1) is 32.3 Å². The minimum absolute atomic E-state index is 0.0105. The SMILES string of the molecule is COc1ccc(NC(=O)C(C)Sc2cccc(NC(=O)/C(=C\c3ccc(O)cc3OC)NC(=O)c3ccccc3)c2)c(OC)c1. The van der Waals surface area contributed by atoms with Gasteiger partial charge in [-0.15, -0.1) is 11.8 Å². The van der Waals surface area contributed by atoms with E-state index in [4.69, 9.17) is 14.2 Å². The molecule has 0 radical (unpaired) electrons. The van der Waals surface area contributed by atoms with Gasteiger partial charge in [-0.25, -0.2) is 0 Å². The standard InChI is InChI=1S/C34H33N3O7S/c1-21(32(39)36-28-16-15-26(42-2)20-31(28)44-4)45-27-12-8-11-24(18-27)35-34(41)29(37-33(40)22-9-6-5-7-10-22)17-23-13-14-25(38)19-30(23)43-3/h5-21,38H,1-4H3,(H,35,41)(H,36,39)(H,37,40)/b29-17+. The van der Waals surface area contributed by atoms with Gasteiger partial charge in [0, 0.05) is 33.8 Å². The molecule has 11 heteroatoms. The molecule has 4 rings (SSSR count). The Morgan fingerprint density at radius 3 is 2.27 bits per heavy atom. The first kappa shape index (κ1) is 32.5. The second kappa shape index (κ2) is 15.3. The molecule has 3 amide bonds. The molecule has 0 saturated carbocycles. The zero-order chi connectivity index (χ0) is 32.3. The quantitative estimate of drug-likeness (QED) is 0.112. The topological polar surface area (TPSA) is 135 Å². The number of carbonyl (C=O) groups is 3. The van der Waals surface area contributed by atoms with E-state index in [1.165, 1.54) is 44.2 Å². The molecule has 0 aromatic heterocycles. The Morgan fingerprint density at radius 1 is 0.800 bits per heavy atom. The van der Waals surface area contributed by atoms with Crippen LogP contribution in [0.1, 0.15) is 22.8 Å². The number of hydrogen-bond acceptors (Lipinski definition) is 8. The van der Waals surface area contributed by atoms with Gasteiger partial charge in [0.1, 0.15) is 28.7 Å². The third-order valence-electron chi connectivity index (χ3n) is 6.49. The Hall–Kier alpha value is -5.42. The molecule has 1 atom stereocenters. The van der Waals surface area contributed by atoms with Crippen LogP contribution in [0.3, 0.4) is 0 Å². The number of anilines is 2. The Morgan fingerprint density at radius 2 is 1.56 bits per heavy atom. The van der Waals surface area contributed by atoms with E-state index in [1.807, 2.05) is 6.07 Å². The third-order valence-corrected chi connectivity index (χ3v) is 7.58. The predicted molar refractivity (Wildman–Crippen MR) is 175 cm³/mol. The molecular weight excluding hydrogens is 594 g/mol. The third kappa shape index (κ3) is 8.80. The zero-order valence-corrected chi connectivity index (χ0v) is 25.9. The number of phenols is 1. The maximum absolute atomic E-state index is 13.5. The summed E-state index contributed by atoms with van der Waals surface area (Å²) in [5.41, 5.74) is 1.75. The first-order valence-corrected chi connectivity index (χ1v) is 14.6. The Bertz CT molecular complexity index is 1710. The van der Waals surface area contributed by atoms with Crippen LogP contribution in [0.2, 0.25) is 0 Å². The summed E-state index contributed by atoms with van der Waals surface area (Å²) in [7, 11) is 4.50. The maximum atomic E-state index is 13.5. The molecule has 0 heterocycles. The number of methoxy groups -OCH3 is 3. The largest absolute Gasteiger partial charge is 0.508 e. The summed E-state index contributed by atoms with van der Waals surface area (Å²) in [4.78, 5) is 40.2. The van der Waals surface area contributed by atoms with Gasteiger partial charge >= 0.3 is 0 Å². The monoisotopic (exact) mass is 627 g/mol. The highest BCUT2D eigenvalue weighted by Gasteiger charge is 2.19. The Labute approximate surface area is 265 Å². The van der Waals surface area contributed by atoms with Gasteiger partial charge in [-0.2, -0.15) is 0 Å². The number of benzene rings is 4. The Balaban J connectivity index is 1.51. The van der Waals surface area contributed by atoms with E-state index in [0.717, 1.165) is 4.90 Å². The molecule has 4 aromatic rings. The van der Waals surface area contributed by atoms with Crippen LogP contribution in [-0.2, 0) is 9.59 Å². The van der Waals surface area contributed by atoms with Crippen LogP contribution in [0, 0.1) is 0 Å². The second-order valence-electron chi connectivity index (χ2n) is 9.60. The van der Waals surface area contributed by atoms with Crippen LogP contribution in [-0.4, -0.2) is 49.4 Å². The molecule has 4 N–H and O–H groups in total. The molecule has 0 aliphatic heterocycles. The Kier molecular flexibility index (Phi) is 11.1. The van der Waals surface area contributed by atoms with Crippen molar-refractivity contribution in [3.63, 3.8) is 0 Å². The van der Waals surface area contributed by atoms with Crippen LogP contribution in [0.15, 0.2) is 102 Å². The van der Waals surface area contributed by atoms with Crippen molar-refractivity contribution in [1.82, 2.24) is 5.32 Å². The van der Waals surface area contributed by atoms with Crippen LogP contribution in [0.5, 0.6) is 23.0 Å². The van der Waals surface area contributed by atoms with E-state index in [2.05, 4.69) is 16.0 Å². The van der Waals surface area contributed by atoms with Crippen LogP contribution < -0.4 is 30.2 Å². The van der Waals surface area contributed by atoms with Crippen molar-refractivity contribution < 1.29 is 33.7 Å². The minimum Gasteiger partial charge on any atom is -0.508 e. The molecule has 0 aliphatic carbocycles. The first-order valence-electron chi connectivity index (χ1n) is 13.8. The molecule has 4 aromatic carbocycles. The molecule has 0 bridgehead atoms. The zero-order valence-electron chi connectivity index (χ0n) is 25.1. The fraction of sp³-hybridized carbons (Fsp3) is 0.147. The molecule has 0 saturated heterocycles. The van der Waals surface area contributed by atoms with Crippen molar-refractivity contribution >= 4 is 46.9 Å². The fourth-order valence-corrected chi connectivity index (χ4v) is 5.08. The van der Waals surface area contributed by atoms with Gasteiger partial charge in [0.15, 0.2) is 0 Å². The van der Waals surface area contributed by atoms with Crippen molar-refractivity contribution in [2.45, 2.75) is 17.1 Å². The van der Waals surface area contributed by atoms with E-state index >= 15 is 0 Å². The summed E-state index contributed by atoms with van der Waals surface area (Å²) in [5.74, 6) is 0.0653. The maximum Gasteiger partial charge on any atom is 0.272 e. The number of aromatic hydroxyl groups is 1. The van der Waals surface area contributed by atoms with Crippen LogP contribution in [0.25, 0.3) is 6.08 Å². The van der Waals surface area contributed by atoms with Crippen molar-refractivity contribution in [3.05, 3.63) is 108 Å². The highest BCUT2D eigenvalue weighted by molar-refractivity contribution is 8.00. The number of amides is 3. The lowest BCUT2D eigenvalue weighted by atomic mass is 10.1. The molecule has 45 heavy (non-hydrogen) atoms. The number of carbonyl (C=O) groups excluding carboxylic acids is 3. The smallest absolute Gasteiger partial charge is 0.272 e. The molecule has 0 fully saturated rings. The average molecular weight is 628 g/mol. The van der Waals surface area contributed by atoms with Crippen molar-refractivity contribution in [2.75, 3.05) is 32.0 Å². The van der Waals surface area contributed by atoms with E-state index in [9.17, 15) is 19.5 Å². The van der Waals surface area contributed by atoms with Gasteiger partial charge in [-0.05, 0) is 67.6 Å². The van der Waals surface area contributed by atoms with E-state index in [1.54, 1.807) is 86.8 Å². The molecule has 1 unspecified atom stereocenters. The summed E-state index contributed by atoms with van der Waals surface area (Å²) >= 11 is 1.31. The molecule has 0 aliphatic rings. The van der Waals surface area contributed by atoms with Gasteiger partial charge in [0.2, 0.25) is 5.91 Å². The number of ether oxygens (including phenoxy) is 3. The first-order chi connectivity index (χ1) is 21.7. The number of thioether (sulfide) groups is 1. The number of rotatable bonds is 12. The van der Waals surface area contributed by atoms with Crippen molar-refractivity contribution in [3.8, 4) is 23.0 Å². The second-order valence-corrected chi connectivity index (χ2v) is 11.0. The number of nitrogens with one attached hydrogen (secondary N) is 3. The van der Waals surface area contributed by atoms with Crippen LogP contribution in [0.4, 0.5) is 11.4 Å². The van der Waals surface area contributed by atoms with Gasteiger partial charge < -0.3 is 35.3 Å². The molecule has 232 valence electrons. The van der Waals surface area contributed by atoms with Crippen LogP contribution >= 0.6 is 11.8 Å². The number of phenolic OH excluding ortho intramolecular Hbond substituents is 1. The van der Waals surface area contributed by atoms with Crippen molar-refractivity contribution in [1.29, 1.82) is 0 Å². The predicted octanol–water partition coefficient (Wildman–Crippen LogP) is 5.95. The fourth-order valence-electron chi connectivity index (χ4n) is 4.16. The van der Waals surface area contributed by atoms with Gasteiger partial charge in [-0.1, -0.05) is 24.3 Å². The summed E-state index contributed by atoms with van der Waals surface area (Å²) < 4.78 is 15.9. The van der Waals surface area contributed by atoms with E-state index < -0.39 is 17.1 Å². The van der Waals surface area contributed by atoms with Gasteiger partial charge in [0.25, 0.3) is 11.8 Å². The molecule has 0 spiro atoms. The summed E-state index contributed by atoms with van der Waals surface area (Å²) in [6.07, 6.45) is 1.47. The van der Waals surface area contributed by atoms with Gasteiger partial charge in [-0.3, -0.25) is 14.4 Å². The minimum atomic E-state index is -0.589. The molecular formula is C34H33N3O7S. The highest BCUT2D eigenvalue weighted by atomic mass is 32.2. The lowest BCUT2D eigenvalue weighted by molar-refractivity contribution is -0.115. The normalized spacial score (nSPS) is 11.6. The summed E-state index contributed by atoms with van der Waals surface area (Å²) in [6.45, 7) is 1.77. The lowest BCUT2D eigenvalue weighted by Crippen LogP contribution is -2.30. The number of hydrogen-bond donors (Lipinski definition) is 4. The highest BCUT2D eigenvalue weighted by Crippen LogP contribution is 2.31. The van der Waals surface area contributed by atoms with Crippen molar-refractivity contribution in [2.24, 2.45) is 0 Å². The summed E-state index contributed by atoms with van der Waals surface area (Å²) in [6, 6.07) is 25.1. The lowest BCUT2D eigenvalue weighted by Gasteiger charge is -2.16.